The largest absolute Gasteiger partial charge is 0.381 e. The lowest BCUT2D eigenvalue weighted by Crippen LogP contribution is -2.34. The predicted molar refractivity (Wildman–Crippen MR) is 65.3 cm³/mol. The first kappa shape index (κ1) is 11.7. The molecule has 1 aromatic rings. The molecule has 1 aliphatic carbocycles. The molecule has 0 radical (unpaired) electrons. The monoisotopic (exact) mass is 222 g/mol. The van der Waals surface area contributed by atoms with Crippen LogP contribution in [0.1, 0.15) is 31.2 Å². The number of nitrogens with zero attached hydrogens (tertiary/aromatic N) is 1. The summed E-state index contributed by atoms with van der Waals surface area (Å²) in [6, 6.07) is 2.85. The zero-order valence-corrected chi connectivity index (χ0v) is 10.3. The zero-order chi connectivity index (χ0) is 11.4. The maximum absolute atomic E-state index is 5.37. The minimum absolute atomic E-state index is 0.495. The maximum Gasteiger partial charge on any atom is 0.0572 e. The van der Waals surface area contributed by atoms with Crippen LogP contribution in [-0.2, 0) is 18.3 Å². The van der Waals surface area contributed by atoms with Gasteiger partial charge in [-0.25, -0.2) is 0 Å². The summed E-state index contributed by atoms with van der Waals surface area (Å²) in [7, 11) is 3.88. The molecule has 0 atom stereocenters. The lowest BCUT2D eigenvalue weighted by Gasteiger charge is -2.28. The summed E-state index contributed by atoms with van der Waals surface area (Å²) in [5, 5.41) is 3.63. The van der Waals surface area contributed by atoms with Crippen molar-refractivity contribution in [2.45, 2.75) is 44.4 Å². The first-order valence-corrected chi connectivity index (χ1v) is 6.15. The van der Waals surface area contributed by atoms with Crippen molar-refractivity contribution in [3.63, 3.8) is 0 Å². The molecule has 0 aliphatic heterocycles. The Kier molecular flexibility index (Phi) is 4.02. The van der Waals surface area contributed by atoms with Crippen molar-refractivity contribution in [2.24, 2.45) is 7.05 Å². The number of aryl methyl sites for hydroxylation is 1. The number of rotatable bonds is 4. The van der Waals surface area contributed by atoms with Gasteiger partial charge >= 0.3 is 0 Å². The SMILES string of the molecule is COC1CCC(NCc2ccn(C)c2)CC1. The number of nitrogens with one attached hydrogen (secondary N) is 1. The van der Waals surface area contributed by atoms with Gasteiger partial charge in [0.15, 0.2) is 0 Å². The van der Waals surface area contributed by atoms with E-state index in [0.717, 1.165) is 6.54 Å². The van der Waals surface area contributed by atoms with E-state index in [9.17, 15) is 0 Å². The molecule has 0 saturated heterocycles. The predicted octanol–water partition coefficient (Wildman–Crippen LogP) is 2.07. The number of hydrogen-bond donors (Lipinski definition) is 1. The van der Waals surface area contributed by atoms with E-state index in [2.05, 4.69) is 35.4 Å². The molecule has 3 nitrogen and oxygen atoms in total. The average Bonchev–Trinajstić information content (AvgIpc) is 2.73. The summed E-state index contributed by atoms with van der Waals surface area (Å²) in [6.45, 7) is 0.989. The van der Waals surface area contributed by atoms with Gasteiger partial charge < -0.3 is 14.6 Å². The van der Waals surface area contributed by atoms with Gasteiger partial charge in [0, 0.05) is 39.1 Å². The fourth-order valence-corrected chi connectivity index (χ4v) is 2.43. The Morgan fingerprint density at radius 1 is 1.38 bits per heavy atom. The summed E-state index contributed by atoms with van der Waals surface area (Å²) in [4.78, 5) is 0. The highest BCUT2D eigenvalue weighted by Gasteiger charge is 2.20. The third-order valence-electron chi connectivity index (χ3n) is 3.50. The van der Waals surface area contributed by atoms with Gasteiger partial charge in [0.25, 0.3) is 0 Å². The van der Waals surface area contributed by atoms with Crippen LogP contribution in [0.2, 0.25) is 0 Å². The van der Waals surface area contributed by atoms with E-state index in [1.54, 1.807) is 0 Å². The van der Waals surface area contributed by atoms with Crippen molar-refractivity contribution in [2.75, 3.05) is 7.11 Å². The van der Waals surface area contributed by atoms with Crippen LogP contribution >= 0.6 is 0 Å². The van der Waals surface area contributed by atoms with Gasteiger partial charge in [-0.15, -0.1) is 0 Å². The molecule has 3 heteroatoms. The van der Waals surface area contributed by atoms with E-state index >= 15 is 0 Å². The lowest BCUT2D eigenvalue weighted by atomic mass is 9.93. The summed E-state index contributed by atoms with van der Waals surface area (Å²) >= 11 is 0. The molecule has 1 N–H and O–H groups in total. The molecule has 0 amide bonds. The highest BCUT2D eigenvalue weighted by molar-refractivity contribution is 5.09. The van der Waals surface area contributed by atoms with E-state index in [1.807, 2.05) is 7.11 Å². The Balaban J connectivity index is 1.71. The van der Waals surface area contributed by atoms with Crippen molar-refractivity contribution in [1.29, 1.82) is 0 Å². The van der Waals surface area contributed by atoms with E-state index in [1.165, 1.54) is 31.2 Å². The fraction of sp³-hybridized carbons (Fsp3) is 0.692. The van der Waals surface area contributed by atoms with Crippen molar-refractivity contribution in [3.8, 4) is 0 Å². The van der Waals surface area contributed by atoms with Gasteiger partial charge in [0.2, 0.25) is 0 Å². The molecule has 0 bridgehead atoms. The van der Waals surface area contributed by atoms with Gasteiger partial charge in [-0.3, -0.25) is 0 Å². The molecule has 0 aromatic carbocycles. The van der Waals surface area contributed by atoms with Gasteiger partial charge in [-0.2, -0.15) is 0 Å². The smallest absolute Gasteiger partial charge is 0.0572 e. The molecule has 1 heterocycles. The van der Waals surface area contributed by atoms with Crippen LogP contribution in [0.5, 0.6) is 0 Å². The van der Waals surface area contributed by atoms with Crippen molar-refractivity contribution in [3.05, 3.63) is 24.0 Å². The molecule has 16 heavy (non-hydrogen) atoms. The Morgan fingerprint density at radius 2 is 2.12 bits per heavy atom. The molecule has 1 saturated carbocycles. The minimum Gasteiger partial charge on any atom is -0.381 e. The van der Waals surface area contributed by atoms with Crippen LogP contribution < -0.4 is 5.32 Å². The molecule has 1 aliphatic rings. The molecule has 0 spiro atoms. The van der Waals surface area contributed by atoms with E-state index in [4.69, 9.17) is 4.74 Å². The maximum atomic E-state index is 5.37. The molecule has 2 rings (SSSR count). The summed E-state index contributed by atoms with van der Waals surface area (Å²) in [5.41, 5.74) is 1.37. The second-order valence-electron chi connectivity index (χ2n) is 4.78. The Morgan fingerprint density at radius 3 is 2.69 bits per heavy atom. The Labute approximate surface area is 97.8 Å². The van der Waals surface area contributed by atoms with Crippen LogP contribution in [-0.4, -0.2) is 23.8 Å². The standard InChI is InChI=1S/C13H22N2O/c1-15-8-7-11(10-15)9-14-12-3-5-13(16-2)6-4-12/h7-8,10,12-14H,3-6,9H2,1-2H3. The number of methoxy groups -OCH3 is 1. The third-order valence-corrected chi connectivity index (χ3v) is 3.50. The van der Waals surface area contributed by atoms with Crippen LogP contribution in [0.3, 0.4) is 0 Å². The third kappa shape index (κ3) is 3.09. The zero-order valence-electron chi connectivity index (χ0n) is 10.3. The second kappa shape index (κ2) is 5.51. The van der Waals surface area contributed by atoms with Gasteiger partial charge in [0.1, 0.15) is 0 Å². The molecule has 0 unspecified atom stereocenters. The summed E-state index contributed by atoms with van der Waals surface area (Å²) < 4.78 is 7.47. The Hall–Kier alpha value is -0.800. The topological polar surface area (TPSA) is 26.2 Å². The van der Waals surface area contributed by atoms with E-state index in [-0.39, 0.29) is 0 Å². The quantitative estimate of drug-likeness (QED) is 0.844. The molecule has 1 fully saturated rings. The number of ether oxygens (including phenoxy) is 1. The van der Waals surface area contributed by atoms with Crippen LogP contribution in [0.25, 0.3) is 0 Å². The number of hydrogen-bond acceptors (Lipinski definition) is 2. The van der Waals surface area contributed by atoms with Gasteiger partial charge in [-0.1, -0.05) is 0 Å². The van der Waals surface area contributed by atoms with Crippen molar-refractivity contribution >= 4 is 0 Å². The fourth-order valence-electron chi connectivity index (χ4n) is 2.43. The summed E-state index contributed by atoms with van der Waals surface area (Å²) in [5.74, 6) is 0. The van der Waals surface area contributed by atoms with Crippen molar-refractivity contribution < 1.29 is 4.74 Å². The first-order chi connectivity index (χ1) is 7.78. The van der Waals surface area contributed by atoms with E-state index < -0.39 is 0 Å². The van der Waals surface area contributed by atoms with Gasteiger partial charge in [0.05, 0.1) is 6.10 Å². The first-order valence-electron chi connectivity index (χ1n) is 6.15. The molecule has 90 valence electrons. The second-order valence-corrected chi connectivity index (χ2v) is 4.78. The van der Waals surface area contributed by atoms with Crippen LogP contribution in [0, 0.1) is 0 Å². The highest BCUT2D eigenvalue weighted by Crippen LogP contribution is 2.20. The molecule has 1 aromatic heterocycles. The molecular weight excluding hydrogens is 200 g/mol. The Bertz CT molecular complexity index is 313. The van der Waals surface area contributed by atoms with E-state index in [0.29, 0.717) is 12.1 Å². The average molecular weight is 222 g/mol. The van der Waals surface area contributed by atoms with Gasteiger partial charge in [-0.05, 0) is 37.3 Å². The number of aromatic nitrogens is 1. The van der Waals surface area contributed by atoms with Crippen molar-refractivity contribution in [1.82, 2.24) is 9.88 Å². The lowest BCUT2D eigenvalue weighted by molar-refractivity contribution is 0.0624. The molecular formula is C13H22N2O. The summed E-state index contributed by atoms with van der Waals surface area (Å²) in [6.07, 6.45) is 9.64. The normalized spacial score (nSPS) is 25.9. The minimum atomic E-state index is 0.495. The van der Waals surface area contributed by atoms with Crippen LogP contribution in [0.15, 0.2) is 18.5 Å². The van der Waals surface area contributed by atoms with Crippen LogP contribution in [0.4, 0.5) is 0 Å². The highest BCUT2D eigenvalue weighted by atomic mass is 16.5.